The van der Waals surface area contributed by atoms with Gasteiger partial charge in [-0.2, -0.15) is 0 Å². The van der Waals surface area contributed by atoms with E-state index in [4.69, 9.17) is 0 Å². The van der Waals surface area contributed by atoms with E-state index in [-0.39, 0.29) is 5.92 Å². The largest absolute Gasteiger partial charge is 0.342 e. The summed E-state index contributed by atoms with van der Waals surface area (Å²) in [6.07, 6.45) is 4.77. The highest BCUT2D eigenvalue weighted by molar-refractivity contribution is 5.79. The lowest BCUT2D eigenvalue weighted by Crippen LogP contribution is -2.38. The molecule has 0 unspecified atom stereocenters. The lowest BCUT2D eigenvalue weighted by atomic mass is 10.1. The highest BCUT2D eigenvalue weighted by atomic mass is 16.2. The van der Waals surface area contributed by atoms with Gasteiger partial charge in [-0.1, -0.05) is 6.92 Å². The van der Waals surface area contributed by atoms with E-state index >= 15 is 0 Å². The SMILES string of the molecule is CCCN(CC1CC1)C(=O)[C@@H]1CCNC1. The molecule has 3 nitrogen and oxygen atoms in total. The van der Waals surface area contributed by atoms with E-state index in [9.17, 15) is 4.79 Å². The molecule has 1 heterocycles. The first kappa shape index (κ1) is 10.9. The number of carbonyl (C=O) groups excluding carboxylic acids is 1. The van der Waals surface area contributed by atoms with E-state index < -0.39 is 0 Å². The third-order valence-electron chi connectivity index (χ3n) is 3.39. The highest BCUT2D eigenvalue weighted by Gasteiger charge is 2.31. The van der Waals surface area contributed by atoms with Crippen LogP contribution in [0.3, 0.4) is 0 Å². The summed E-state index contributed by atoms with van der Waals surface area (Å²) in [4.78, 5) is 14.3. The van der Waals surface area contributed by atoms with Crippen molar-refractivity contribution in [2.24, 2.45) is 11.8 Å². The van der Waals surface area contributed by atoms with Gasteiger partial charge in [0.1, 0.15) is 0 Å². The number of nitrogens with one attached hydrogen (secondary N) is 1. The standard InChI is InChI=1S/C12H22N2O/c1-2-7-14(9-10-3-4-10)12(15)11-5-6-13-8-11/h10-11,13H,2-9H2,1H3/t11-/m1/s1. The molecule has 86 valence electrons. The molecular weight excluding hydrogens is 188 g/mol. The molecule has 0 aromatic carbocycles. The number of hydrogen-bond donors (Lipinski definition) is 1. The van der Waals surface area contributed by atoms with Crippen LogP contribution in [0.25, 0.3) is 0 Å². The normalized spacial score (nSPS) is 25.5. The van der Waals surface area contributed by atoms with Gasteiger partial charge in [-0.15, -0.1) is 0 Å². The van der Waals surface area contributed by atoms with Crippen molar-refractivity contribution in [3.05, 3.63) is 0 Å². The van der Waals surface area contributed by atoms with Crippen LogP contribution in [-0.4, -0.2) is 37.0 Å². The summed E-state index contributed by atoms with van der Waals surface area (Å²) >= 11 is 0. The topological polar surface area (TPSA) is 32.3 Å². The van der Waals surface area contributed by atoms with E-state index in [1.54, 1.807) is 0 Å². The summed E-state index contributed by atoms with van der Waals surface area (Å²) in [5, 5.41) is 3.27. The summed E-state index contributed by atoms with van der Waals surface area (Å²) in [5.41, 5.74) is 0. The molecule has 0 radical (unpaired) electrons. The third kappa shape index (κ3) is 2.94. The molecule has 1 atom stereocenters. The third-order valence-corrected chi connectivity index (χ3v) is 3.39. The number of amides is 1. The minimum absolute atomic E-state index is 0.260. The molecule has 0 bridgehead atoms. The van der Waals surface area contributed by atoms with Crippen molar-refractivity contribution in [2.45, 2.75) is 32.6 Å². The number of rotatable bonds is 5. The first-order chi connectivity index (χ1) is 7.31. The van der Waals surface area contributed by atoms with Crippen LogP contribution >= 0.6 is 0 Å². The Labute approximate surface area is 92.2 Å². The molecule has 1 aliphatic carbocycles. The van der Waals surface area contributed by atoms with E-state index in [1.165, 1.54) is 12.8 Å². The van der Waals surface area contributed by atoms with Crippen LogP contribution in [0.5, 0.6) is 0 Å². The first-order valence-electron chi connectivity index (χ1n) is 6.30. The van der Waals surface area contributed by atoms with Gasteiger partial charge in [0.15, 0.2) is 0 Å². The van der Waals surface area contributed by atoms with Gasteiger partial charge in [-0.25, -0.2) is 0 Å². The summed E-state index contributed by atoms with van der Waals surface area (Å²) in [5.74, 6) is 1.47. The molecule has 15 heavy (non-hydrogen) atoms. The van der Waals surface area contributed by atoms with Crippen molar-refractivity contribution < 1.29 is 4.79 Å². The number of nitrogens with zero attached hydrogens (tertiary/aromatic N) is 1. The van der Waals surface area contributed by atoms with E-state index in [1.807, 2.05) is 0 Å². The molecule has 1 saturated carbocycles. The van der Waals surface area contributed by atoms with E-state index in [0.717, 1.165) is 44.9 Å². The van der Waals surface area contributed by atoms with Crippen molar-refractivity contribution in [1.82, 2.24) is 10.2 Å². The van der Waals surface area contributed by atoms with Crippen molar-refractivity contribution in [3.8, 4) is 0 Å². The van der Waals surface area contributed by atoms with Gasteiger partial charge in [0, 0.05) is 19.6 Å². The summed E-state index contributed by atoms with van der Waals surface area (Å²) in [6.45, 7) is 6.03. The lowest BCUT2D eigenvalue weighted by Gasteiger charge is -2.24. The van der Waals surface area contributed by atoms with Crippen LogP contribution < -0.4 is 5.32 Å². The Hall–Kier alpha value is -0.570. The van der Waals surface area contributed by atoms with Crippen LogP contribution in [0.4, 0.5) is 0 Å². The molecule has 0 spiro atoms. The highest BCUT2D eigenvalue weighted by Crippen LogP contribution is 2.30. The molecule has 2 rings (SSSR count). The van der Waals surface area contributed by atoms with Gasteiger partial charge in [-0.3, -0.25) is 4.79 Å². The Morgan fingerprint density at radius 1 is 1.40 bits per heavy atom. The molecule has 1 N–H and O–H groups in total. The van der Waals surface area contributed by atoms with Crippen LogP contribution in [0, 0.1) is 11.8 Å². The maximum Gasteiger partial charge on any atom is 0.227 e. The maximum atomic E-state index is 12.2. The zero-order valence-corrected chi connectivity index (χ0v) is 9.67. The molecule has 2 fully saturated rings. The summed E-state index contributed by atoms with van der Waals surface area (Å²) in [6, 6.07) is 0. The van der Waals surface area contributed by atoms with Crippen LogP contribution in [0.15, 0.2) is 0 Å². The molecule has 2 aliphatic rings. The first-order valence-corrected chi connectivity index (χ1v) is 6.30. The van der Waals surface area contributed by atoms with Crippen LogP contribution in [0.2, 0.25) is 0 Å². The average molecular weight is 210 g/mol. The Kier molecular flexibility index (Phi) is 3.62. The van der Waals surface area contributed by atoms with Crippen molar-refractivity contribution in [1.29, 1.82) is 0 Å². The Balaban J connectivity index is 1.86. The van der Waals surface area contributed by atoms with Crippen molar-refractivity contribution in [2.75, 3.05) is 26.2 Å². The second kappa shape index (κ2) is 4.97. The summed E-state index contributed by atoms with van der Waals surface area (Å²) in [7, 11) is 0. The zero-order chi connectivity index (χ0) is 10.7. The molecule has 3 heteroatoms. The predicted octanol–water partition coefficient (Wildman–Crippen LogP) is 1.24. The average Bonchev–Trinajstić information content (AvgIpc) is 2.88. The second-order valence-corrected chi connectivity index (χ2v) is 4.92. The van der Waals surface area contributed by atoms with Gasteiger partial charge in [0.25, 0.3) is 0 Å². The fourth-order valence-electron chi connectivity index (χ4n) is 2.30. The summed E-state index contributed by atoms with van der Waals surface area (Å²) < 4.78 is 0. The molecule has 0 aromatic heterocycles. The Morgan fingerprint density at radius 2 is 2.20 bits per heavy atom. The van der Waals surface area contributed by atoms with E-state index in [2.05, 4.69) is 17.1 Å². The molecular formula is C12H22N2O. The van der Waals surface area contributed by atoms with Crippen molar-refractivity contribution in [3.63, 3.8) is 0 Å². The van der Waals surface area contributed by atoms with Gasteiger partial charge in [0.2, 0.25) is 5.91 Å². The maximum absolute atomic E-state index is 12.2. The van der Waals surface area contributed by atoms with Gasteiger partial charge >= 0.3 is 0 Å². The fourth-order valence-corrected chi connectivity index (χ4v) is 2.30. The van der Waals surface area contributed by atoms with Crippen LogP contribution in [-0.2, 0) is 4.79 Å². The Morgan fingerprint density at radius 3 is 2.73 bits per heavy atom. The minimum atomic E-state index is 0.260. The van der Waals surface area contributed by atoms with Gasteiger partial charge in [-0.05, 0) is 38.1 Å². The van der Waals surface area contributed by atoms with Crippen molar-refractivity contribution >= 4 is 5.91 Å². The van der Waals surface area contributed by atoms with E-state index in [0.29, 0.717) is 5.91 Å². The van der Waals surface area contributed by atoms with Gasteiger partial charge in [0.05, 0.1) is 5.92 Å². The van der Waals surface area contributed by atoms with Gasteiger partial charge < -0.3 is 10.2 Å². The monoisotopic (exact) mass is 210 g/mol. The predicted molar refractivity (Wildman–Crippen MR) is 60.6 cm³/mol. The molecule has 1 aliphatic heterocycles. The fraction of sp³-hybridized carbons (Fsp3) is 0.917. The molecule has 0 aromatic rings. The number of hydrogen-bond acceptors (Lipinski definition) is 2. The van der Waals surface area contributed by atoms with Crippen LogP contribution in [0.1, 0.15) is 32.6 Å². The zero-order valence-electron chi connectivity index (χ0n) is 9.67. The Bertz CT molecular complexity index is 220. The second-order valence-electron chi connectivity index (χ2n) is 4.92. The lowest BCUT2D eigenvalue weighted by molar-refractivity contribution is -0.135. The molecule has 1 amide bonds. The number of carbonyl (C=O) groups is 1. The minimum Gasteiger partial charge on any atom is -0.342 e. The molecule has 1 saturated heterocycles. The quantitative estimate of drug-likeness (QED) is 0.740. The smallest absolute Gasteiger partial charge is 0.227 e.